The third-order valence-electron chi connectivity index (χ3n) is 4.18. The Hall–Kier alpha value is -0.940. The third kappa shape index (κ3) is 6.99. The van der Waals surface area contributed by atoms with Crippen LogP contribution in [0.3, 0.4) is 0 Å². The molecular weight excluding hydrogens is 472 g/mol. The predicted octanol–water partition coefficient (Wildman–Crippen LogP) is 2.08. The van der Waals surface area contributed by atoms with Crippen molar-refractivity contribution in [1.82, 2.24) is 10.6 Å². The number of hydrogen-bond donors (Lipinski definition) is 3. The third-order valence-corrected chi connectivity index (χ3v) is 5.90. The summed E-state index contributed by atoms with van der Waals surface area (Å²) in [5, 5.41) is 15.9. The SMILES string of the molecule is CCNC(=NCCS(=O)(=O)c1ccccc1F)NC1CCC(O)CC1.I. The van der Waals surface area contributed by atoms with Gasteiger partial charge in [0.2, 0.25) is 0 Å². The number of benzene rings is 1. The fraction of sp³-hybridized carbons (Fsp3) is 0.588. The maximum atomic E-state index is 13.7. The van der Waals surface area contributed by atoms with E-state index in [1.807, 2.05) is 6.92 Å². The molecule has 26 heavy (non-hydrogen) atoms. The van der Waals surface area contributed by atoms with Crippen LogP contribution < -0.4 is 10.6 Å². The number of guanidine groups is 1. The molecule has 1 aromatic carbocycles. The summed E-state index contributed by atoms with van der Waals surface area (Å²) in [6.07, 6.45) is 2.96. The second kappa shape index (κ2) is 11.0. The van der Waals surface area contributed by atoms with Crippen LogP contribution in [0.1, 0.15) is 32.6 Å². The number of rotatable bonds is 6. The summed E-state index contributed by atoms with van der Waals surface area (Å²) < 4.78 is 38.2. The van der Waals surface area contributed by atoms with Crippen LogP contribution >= 0.6 is 24.0 Å². The first-order valence-corrected chi connectivity index (χ1v) is 10.3. The van der Waals surface area contributed by atoms with E-state index in [1.165, 1.54) is 18.2 Å². The first kappa shape index (κ1) is 23.1. The van der Waals surface area contributed by atoms with Gasteiger partial charge >= 0.3 is 0 Å². The molecule has 148 valence electrons. The number of aliphatic hydroxyl groups excluding tert-OH is 1. The Morgan fingerprint density at radius 1 is 1.27 bits per heavy atom. The molecule has 0 saturated heterocycles. The standard InChI is InChI=1S/C17H26FN3O3S.HI/c1-2-19-17(21-13-7-9-14(22)10-8-13)20-11-12-25(23,24)16-6-4-3-5-15(16)18;/h3-6,13-14,22H,2,7-12H2,1H3,(H2,19,20,21);1H. The zero-order chi connectivity index (χ0) is 18.3. The molecule has 0 spiro atoms. The average molecular weight is 499 g/mol. The molecule has 0 unspecified atom stereocenters. The monoisotopic (exact) mass is 499 g/mol. The molecule has 9 heteroatoms. The first-order chi connectivity index (χ1) is 11.9. The van der Waals surface area contributed by atoms with Crippen molar-refractivity contribution in [3.63, 3.8) is 0 Å². The molecule has 0 atom stereocenters. The van der Waals surface area contributed by atoms with Gasteiger partial charge < -0.3 is 15.7 Å². The maximum Gasteiger partial charge on any atom is 0.191 e. The Morgan fingerprint density at radius 3 is 2.54 bits per heavy atom. The van der Waals surface area contributed by atoms with Crippen LogP contribution in [0, 0.1) is 5.82 Å². The smallest absolute Gasteiger partial charge is 0.191 e. The van der Waals surface area contributed by atoms with Gasteiger partial charge in [-0.3, -0.25) is 4.99 Å². The van der Waals surface area contributed by atoms with Gasteiger partial charge in [-0.05, 0) is 44.7 Å². The number of aliphatic imine (C=N–C) groups is 1. The van der Waals surface area contributed by atoms with Gasteiger partial charge in [-0.25, -0.2) is 12.8 Å². The lowest BCUT2D eigenvalue weighted by molar-refractivity contribution is 0.120. The van der Waals surface area contributed by atoms with E-state index < -0.39 is 15.7 Å². The molecule has 3 N–H and O–H groups in total. The Morgan fingerprint density at radius 2 is 1.92 bits per heavy atom. The lowest BCUT2D eigenvalue weighted by atomic mass is 9.93. The molecular formula is C17H27FIN3O3S. The highest BCUT2D eigenvalue weighted by Gasteiger charge is 2.21. The molecule has 1 fully saturated rings. The molecule has 0 bridgehead atoms. The van der Waals surface area contributed by atoms with Crippen LogP contribution in [0.5, 0.6) is 0 Å². The van der Waals surface area contributed by atoms with Crippen LogP contribution in [0.15, 0.2) is 34.2 Å². The van der Waals surface area contributed by atoms with Gasteiger partial charge in [0.25, 0.3) is 0 Å². The van der Waals surface area contributed by atoms with Crippen molar-refractivity contribution in [2.75, 3.05) is 18.8 Å². The molecule has 2 rings (SSSR count). The van der Waals surface area contributed by atoms with Crippen molar-refractivity contribution in [1.29, 1.82) is 0 Å². The van der Waals surface area contributed by atoms with Crippen LogP contribution in [0.2, 0.25) is 0 Å². The molecule has 0 aromatic heterocycles. The van der Waals surface area contributed by atoms with Crippen molar-refractivity contribution in [3.8, 4) is 0 Å². The number of nitrogens with one attached hydrogen (secondary N) is 2. The molecule has 1 saturated carbocycles. The predicted molar refractivity (Wildman–Crippen MR) is 111 cm³/mol. The minimum absolute atomic E-state index is 0. The summed E-state index contributed by atoms with van der Waals surface area (Å²) in [5.41, 5.74) is 0. The van der Waals surface area contributed by atoms with Gasteiger partial charge in [0.05, 0.1) is 18.4 Å². The molecule has 1 aliphatic rings. The van der Waals surface area contributed by atoms with E-state index >= 15 is 0 Å². The van der Waals surface area contributed by atoms with Gasteiger partial charge in [-0.1, -0.05) is 12.1 Å². The Labute approximate surface area is 171 Å². The lowest BCUT2D eigenvalue weighted by Crippen LogP contribution is -2.45. The average Bonchev–Trinajstić information content (AvgIpc) is 2.57. The number of halogens is 2. The lowest BCUT2D eigenvalue weighted by Gasteiger charge is -2.27. The summed E-state index contributed by atoms with van der Waals surface area (Å²) in [6.45, 7) is 2.63. The van der Waals surface area contributed by atoms with E-state index in [-0.39, 0.29) is 53.3 Å². The zero-order valence-electron chi connectivity index (χ0n) is 14.8. The molecule has 0 amide bonds. The Bertz CT molecular complexity index is 692. The van der Waals surface area contributed by atoms with Crippen LogP contribution in [-0.2, 0) is 9.84 Å². The van der Waals surface area contributed by atoms with Gasteiger partial charge in [0, 0.05) is 12.6 Å². The molecule has 6 nitrogen and oxygen atoms in total. The van der Waals surface area contributed by atoms with Crippen LogP contribution in [0.25, 0.3) is 0 Å². The molecule has 0 radical (unpaired) electrons. The van der Waals surface area contributed by atoms with E-state index in [1.54, 1.807) is 0 Å². The van der Waals surface area contributed by atoms with E-state index in [9.17, 15) is 17.9 Å². The first-order valence-electron chi connectivity index (χ1n) is 8.62. The minimum atomic E-state index is -3.71. The van der Waals surface area contributed by atoms with E-state index in [0.717, 1.165) is 31.7 Å². The Kier molecular flexibility index (Phi) is 9.80. The highest BCUT2D eigenvalue weighted by molar-refractivity contribution is 14.0. The van der Waals surface area contributed by atoms with Crippen molar-refractivity contribution < 1.29 is 17.9 Å². The van der Waals surface area contributed by atoms with Gasteiger partial charge in [-0.15, -0.1) is 24.0 Å². The maximum absolute atomic E-state index is 13.7. The van der Waals surface area contributed by atoms with Gasteiger partial charge in [0.1, 0.15) is 10.7 Å². The molecule has 1 aromatic rings. The number of sulfone groups is 1. The molecule has 0 heterocycles. The summed E-state index contributed by atoms with van der Waals surface area (Å²) >= 11 is 0. The minimum Gasteiger partial charge on any atom is -0.393 e. The van der Waals surface area contributed by atoms with E-state index in [0.29, 0.717) is 12.5 Å². The van der Waals surface area contributed by atoms with E-state index in [2.05, 4.69) is 15.6 Å². The van der Waals surface area contributed by atoms with Crippen molar-refractivity contribution >= 4 is 39.8 Å². The van der Waals surface area contributed by atoms with Crippen LogP contribution in [-0.4, -0.2) is 50.5 Å². The zero-order valence-corrected chi connectivity index (χ0v) is 18.0. The summed E-state index contributed by atoms with van der Waals surface area (Å²) in [7, 11) is -3.71. The highest BCUT2D eigenvalue weighted by Crippen LogP contribution is 2.18. The number of aliphatic hydroxyl groups is 1. The van der Waals surface area contributed by atoms with Crippen LogP contribution in [0.4, 0.5) is 4.39 Å². The summed E-state index contributed by atoms with van der Waals surface area (Å²) in [4.78, 5) is 4.01. The fourth-order valence-electron chi connectivity index (χ4n) is 2.82. The highest BCUT2D eigenvalue weighted by atomic mass is 127. The van der Waals surface area contributed by atoms with Crippen molar-refractivity contribution in [2.24, 2.45) is 4.99 Å². The number of nitrogens with zero attached hydrogens (tertiary/aromatic N) is 1. The summed E-state index contributed by atoms with van der Waals surface area (Å²) in [5.74, 6) is -0.446. The van der Waals surface area contributed by atoms with Crippen molar-refractivity contribution in [3.05, 3.63) is 30.1 Å². The fourth-order valence-corrected chi connectivity index (χ4v) is 4.02. The van der Waals surface area contributed by atoms with Gasteiger partial charge in [0.15, 0.2) is 15.8 Å². The van der Waals surface area contributed by atoms with Crippen molar-refractivity contribution in [2.45, 2.75) is 49.6 Å². The summed E-state index contributed by atoms with van der Waals surface area (Å²) in [6, 6.07) is 5.58. The quantitative estimate of drug-likeness (QED) is 0.317. The normalized spacial score (nSPS) is 21.0. The number of hydrogen-bond acceptors (Lipinski definition) is 4. The molecule has 0 aliphatic heterocycles. The largest absolute Gasteiger partial charge is 0.393 e. The second-order valence-electron chi connectivity index (χ2n) is 6.16. The van der Waals surface area contributed by atoms with Gasteiger partial charge in [-0.2, -0.15) is 0 Å². The molecule has 1 aliphatic carbocycles. The van der Waals surface area contributed by atoms with E-state index in [4.69, 9.17) is 0 Å². The second-order valence-corrected chi connectivity index (χ2v) is 8.24. The topological polar surface area (TPSA) is 90.8 Å². The Balaban J connectivity index is 0.00000338.